The number of aromatic nitrogens is 3. The van der Waals surface area contributed by atoms with E-state index >= 15 is 0 Å². The number of phenolic OH excluding ortho intramolecular Hbond substituents is 1. The van der Waals surface area contributed by atoms with Crippen molar-refractivity contribution < 1.29 is 13.5 Å². The van der Waals surface area contributed by atoms with Gasteiger partial charge in [-0.3, -0.25) is 4.72 Å². The van der Waals surface area contributed by atoms with Crippen molar-refractivity contribution in [2.45, 2.75) is 62.8 Å². The van der Waals surface area contributed by atoms with Crippen molar-refractivity contribution in [3.8, 4) is 16.9 Å². The number of rotatable bonds is 5. The van der Waals surface area contributed by atoms with Crippen LogP contribution < -0.4 is 10.5 Å². The predicted octanol–water partition coefficient (Wildman–Crippen LogP) is 5.60. The molecule has 188 valence electrons. The summed E-state index contributed by atoms with van der Waals surface area (Å²) in [6, 6.07) is 12.0. The molecule has 0 radical (unpaired) electrons. The van der Waals surface area contributed by atoms with Crippen LogP contribution in [0, 0.1) is 0 Å². The topological polar surface area (TPSA) is 123 Å². The molecule has 0 unspecified atom stereocenters. The first-order valence-electron chi connectivity index (χ1n) is 12.1. The molecule has 1 aliphatic rings. The fraction of sp³-hybridized carbons (Fsp3) is 0.333. The molecule has 0 bridgehead atoms. The first-order chi connectivity index (χ1) is 17.0. The lowest BCUT2D eigenvalue weighted by Gasteiger charge is -2.19. The molecule has 1 fully saturated rings. The number of fused-ring (bicyclic) bond motifs is 1. The fourth-order valence-electron chi connectivity index (χ4n) is 4.91. The van der Waals surface area contributed by atoms with Crippen molar-refractivity contribution in [3.05, 3.63) is 60.6 Å². The second kappa shape index (κ2) is 8.81. The number of nitrogens with two attached hydrogens (primary N) is 1. The zero-order valence-electron chi connectivity index (χ0n) is 20.7. The van der Waals surface area contributed by atoms with Gasteiger partial charge in [0.15, 0.2) is 0 Å². The average Bonchev–Trinajstić information content (AvgIpc) is 3.48. The molecule has 4 N–H and O–H groups in total. The molecule has 2 heterocycles. The van der Waals surface area contributed by atoms with Crippen LogP contribution in [0.15, 0.2) is 59.9 Å². The standard InChI is InChI=1S/C27H31N5O3S/c1-27(2,3)18-9-11-20(12-10-18)36(34,35)31-22-13-8-17(14-23(22)33)21-15-32(19-6-4-5-7-19)26-24(21)25(28)29-16-30-26/h8-16,19,31,33H,4-7H2,1-3H3,(H2,28,29,30). The SMILES string of the molecule is CC(C)(C)c1ccc(S(=O)(=O)Nc2ccc(-c3cn(C4CCCC4)c4ncnc(N)c34)cc2O)cc1. The molecule has 1 saturated carbocycles. The normalized spacial score (nSPS) is 15.0. The van der Waals surface area contributed by atoms with Gasteiger partial charge < -0.3 is 15.4 Å². The minimum Gasteiger partial charge on any atom is -0.506 e. The molecular formula is C27H31N5O3S. The summed E-state index contributed by atoms with van der Waals surface area (Å²) in [5, 5.41) is 11.5. The zero-order valence-corrected chi connectivity index (χ0v) is 21.5. The van der Waals surface area contributed by atoms with Crippen molar-refractivity contribution in [1.82, 2.24) is 14.5 Å². The summed E-state index contributed by atoms with van der Waals surface area (Å²) in [4.78, 5) is 8.80. The molecule has 36 heavy (non-hydrogen) atoms. The van der Waals surface area contributed by atoms with Gasteiger partial charge in [-0.15, -0.1) is 0 Å². The average molecular weight is 506 g/mol. The van der Waals surface area contributed by atoms with Gasteiger partial charge in [0, 0.05) is 17.8 Å². The maximum absolute atomic E-state index is 13.0. The number of aromatic hydroxyl groups is 1. The Morgan fingerprint density at radius 3 is 2.39 bits per heavy atom. The third-order valence-electron chi connectivity index (χ3n) is 6.94. The third-order valence-corrected chi connectivity index (χ3v) is 8.32. The van der Waals surface area contributed by atoms with Crippen LogP contribution in [0.4, 0.5) is 11.5 Å². The summed E-state index contributed by atoms with van der Waals surface area (Å²) in [6.07, 6.45) is 7.99. The highest BCUT2D eigenvalue weighted by Gasteiger charge is 2.24. The monoisotopic (exact) mass is 505 g/mol. The van der Waals surface area contributed by atoms with E-state index in [0.29, 0.717) is 17.4 Å². The van der Waals surface area contributed by atoms with E-state index in [1.807, 2.05) is 18.3 Å². The summed E-state index contributed by atoms with van der Waals surface area (Å²) in [6.45, 7) is 6.21. The summed E-state index contributed by atoms with van der Waals surface area (Å²) in [5.41, 5.74) is 9.57. The van der Waals surface area contributed by atoms with E-state index < -0.39 is 10.0 Å². The fourth-order valence-corrected chi connectivity index (χ4v) is 5.99. The smallest absolute Gasteiger partial charge is 0.262 e. The quantitative estimate of drug-likeness (QED) is 0.303. The molecule has 4 aromatic rings. The first kappa shape index (κ1) is 24.1. The molecule has 0 amide bonds. The van der Waals surface area contributed by atoms with Gasteiger partial charge in [-0.05, 0) is 53.6 Å². The molecule has 0 atom stereocenters. The Hall–Kier alpha value is -3.59. The molecule has 2 aromatic heterocycles. The molecule has 0 spiro atoms. The van der Waals surface area contributed by atoms with Gasteiger partial charge in [-0.1, -0.05) is 51.8 Å². The summed E-state index contributed by atoms with van der Waals surface area (Å²) >= 11 is 0. The van der Waals surface area contributed by atoms with E-state index in [0.717, 1.165) is 35.0 Å². The Labute approximate surface area is 211 Å². The number of nitrogens with one attached hydrogen (secondary N) is 1. The van der Waals surface area contributed by atoms with Crippen molar-refractivity contribution in [2.24, 2.45) is 0 Å². The lowest BCUT2D eigenvalue weighted by Crippen LogP contribution is -2.15. The Kier molecular flexibility index (Phi) is 5.90. The molecule has 0 aliphatic heterocycles. The lowest BCUT2D eigenvalue weighted by molar-refractivity contribution is 0.478. The Bertz CT molecular complexity index is 1530. The van der Waals surface area contributed by atoms with E-state index in [4.69, 9.17) is 5.73 Å². The largest absolute Gasteiger partial charge is 0.506 e. The highest BCUT2D eigenvalue weighted by Crippen LogP contribution is 2.40. The van der Waals surface area contributed by atoms with Crippen LogP contribution in [0.1, 0.15) is 58.1 Å². The van der Waals surface area contributed by atoms with E-state index in [1.165, 1.54) is 19.2 Å². The molecular weight excluding hydrogens is 474 g/mol. The number of anilines is 2. The maximum Gasteiger partial charge on any atom is 0.262 e. The summed E-state index contributed by atoms with van der Waals surface area (Å²) < 4.78 is 30.6. The molecule has 9 heteroatoms. The van der Waals surface area contributed by atoms with Crippen molar-refractivity contribution in [3.63, 3.8) is 0 Å². The van der Waals surface area contributed by atoms with Crippen LogP contribution in [0.2, 0.25) is 0 Å². The predicted molar refractivity (Wildman–Crippen MR) is 142 cm³/mol. The molecule has 8 nitrogen and oxygen atoms in total. The van der Waals surface area contributed by atoms with Gasteiger partial charge in [-0.25, -0.2) is 18.4 Å². The number of nitrogens with zero attached hydrogens (tertiary/aromatic N) is 3. The van der Waals surface area contributed by atoms with Crippen molar-refractivity contribution in [1.29, 1.82) is 0 Å². The van der Waals surface area contributed by atoms with E-state index in [9.17, 15) is 13.5 Å². The number of phenols is 1. The number of benzene rings is 2. The van der Waals surface area contributed by atoms with Crippen LogP contribution in [0.5, 0.6) is 5.75 Å². The van der Waals surface area contributed by atoms with Gasteiger partial charge >= 0.3 is 0 Å². The molecule has 0 saturated heterocycles. The maximum atomic E-state index is 13.0. The van der Waals surface area contributed by atoms with E-state index in [1.54, 1.807) is 30.3 Å². The van der Waals surface area contributed by atoms with Crippen LogP contribution >= 0.6 is 0 Å². The highest BCUT2D eigenvalue weighted by molar-refractivity contribution is 7.92. The first-order valence-corrected chi connectivity index (χ1v) is 13.6. The minimum absolute atomic E-state index is 0.0842. The van der Waals surface area contributed by atoms with Crippen LogP contribution in [0.25, 0.3) is 22.2 Å². The highest BCUT2D eigenvalue weighted by atomic mass is 32.2. The zero-order chi connectivity index (χ0) is 25.7. The Morgan fingerprint density at radius 2 is 1.75 bits per heavy atom. The summed E-state index contributed by atoms with van der Waals surface area (Å²) in [7, 11) is -3.88. The third kappa shape index (κ3) is 4.39. The number of nitrogen functional groups attached to an aromatic ring is 1. The minimum atomic E-state index is -3.88. The second-order valence-electron chi connectivity index (χ2n) is 10.5. The second-order valence-corrected chi connectivity index (χ2v) is 12.1. The number of hydrogen-bond acceptors (Lipinski definition) is 6. The van der Waals surface area contributed by atoms with Gasteiger partial charge in [0.05, 0.1) is 16.0 Å². The molecule has 5 rings (SSSR count). The molecule has 2 aromatic carbocycles. The van der Waals surface area contributed by atoms with Crippen LogP contribution in [-0.2, 0) is 15.4 Å². The number of hydrogen-bond donors (Lipinski definition) is 3. The van der Waals surface area contributed by atoms with Gasteiger partial charge in [0.1, 0.15) is 23.5 Å². The Balaban J connectivity index is 1.48. The molecule has 1 aliphatic carbocycles. The van der Waals surface area contributed by atoms with Gasteiger partial charge in [0.25, 0.3) is 10.0 Å². The summed E-state index contributed by atoms with van der Waals surface area (Å²) in [5.74, 6) is 0.189. The van der Waals surface area contributed by atoms with Gasteiger partial charge in [-0.2, -0.15) is 0 Å². The van der Waals surface area contributed by atoms with E-state index in [-0.39, 0.29) is 21.7 Å². The lowest BCUT2D eigenvalue weighted by atomic mass is 9.87. The van der Waals surface area contributed by atoms with Crippen LogP contribution in [0.3, 0.4) is 0 Å². The van der Waals surface area contributed by atoms with Gasteiger partial charge in [0.2, 0.25) is 0 Å². The Morgan fingerprint density at radius 1 is 1.06 bits per heavy atom. The van der Waals surface area contributed by atoms with Crippen molar-refractivity contribution in [2.75, 3.05) is 10.5 Å². The van der Waals surface area contributed by atoms with Crippen LogP contribution in [-0.4, -0.2) is 28.1 Å². The number of sulfonamides is 1. The van der Waals surface area contributed by atoms with E-state index in [2.05, 4.69) is 40.0 Å². The van der Waals surface area contributed by atoms with Crippen molar-refractivity contribution >= 4 is 32.6 Å².